The second-order valence-electron chi connectivity index (χ2n) is 7.53. The first kappa shape index (κ1) is 18.4. The molecule has 1 aliphatic heterocycles. The molecule has 3 heterocycles. The summed E-state index contributed by atoms with van der Waals surface area (Å²) in [4.78, 5) is 34.3. The zero-order valence-corrected chi connectivity index (χ0v) is 16.4. The molecule has 0 fully saturated rings. The van der Waals surface area contributed by atoms with Gasteiger partial charge in [-0.15, -0.1) is 0 Å². The Balaban J connectivity index is 1.69. The van der Waals surface area contributed by atoms with E-state index in [1.807, 2.05) is 37.2 Å². The van der Waals surface area contributed by atoms with Gasteiger partial charge < -0.3 is 9.80 Å². The van der Waals surface area contributed by atoms with Crippen LogP contribution in [0.5, 0.6) is 0 Å². The number of fused-ring (bicyclic) bond motifs is 2. The number of hydrogen-bond acceptors (Lipinski definition) is 5. The quantitative estimate of drug-likeness (QED) is 0.676. The van der Waals surface area contributed by atoms with Gasteiger partial charge in [0.1, 0.15) is 18.3 Å². The largest absolute Gasteiger partial charge is 0.307 e. The number of likely N-dealkylation sites (N-methyl/N-ethyl adjacent to an activating group) is 1. The van der Waals surface area contributed by atoms with E-state index in [1.54, 1.807) is 11.7 Å². The van der Waals surface area contributed by atoms with Gasteiger partial charge >= 0.3 is 0 Å². The molecule has 146 valence electrons. The lowest BCUT2D eigenvalue weighted by atomic mass is 9.95. The Morgan fingerprint density at radius 2 is 2.07 bits per heavy atom. The Morgan fingerprint density at radius 1 is 1.29 bits per heavy atom. The molecule has 1 unspecified atom stereocenters. The lowest BCUT2D eigenvalue weighted by Gasteiger charge is -2.38. The zero-order valence-electron chi connectivity index (χ0n) is 16.4. The molecule has 0 radical (unpaired) electrons. The number of aryl methyl sites for hydroxylation is 2. The normalized spacial score (nSPS) is 16.6. The van der Waals surface area contributed by atoms with E-state index in [9.17, 15) is 9.59 Å². The van der Waals surface area contributed by atoms with E-state index in [2.05, 4.69) is 21.0 Å². The number of anilines is 1. The van der Waals surface area contributed by atoms with Crippen LogP contribution in [0.4, 0.5) is 5.69 Å². The Hall–Kier alpha value is -3.00. The summed E-state index contributed by atoms with van der Waals surface area (Å²) >= 11 is 0. The molecule has 8 heteroatoms. The highest BCUT2D eigenvalue weighted by atomic mass is 16.2. The number of amides is 1. The fourth-order valence-electron chi connectivity index (χ4n) is 3.94. The summed E-state index contributed by atoms with van der Waals surface area (Å²) < 4.78 is 2.92. The molecule has 3 aromatic rings. The van der Waals surface area contributed by atoms with Crippen molar-refractivity contribution >= 4 is 22.6 Å². The van der Waals surface area contributed by atoms with E-state index in [0.717, 1.165) is 25.1 Å². The fourth-order valence-corrected chi connectivity index (χ4v) is 3.94. The van der Waals surface area contributed by atoms with Gasteiger partial charge in [-0.3, -0.25) is 18.8 Å². The van der Waals surface area contributed by atoms with E-state index < -0.39 is 0 Å². The third-order valence-electron chi connectivity index (χ3n) is 5.23. The minimum Gasteiger partial charge on any atom is -0.307 e. The van der Waals surface area contributed by atoms with Crippen molar-refractivity contribution < 1.29 is 4.79 Å². The number of hydrogen-bond donors (Lipinski definition) is 0. The predicted molar refractivity (Wildman–Crippen MR) is 107 cm³/mol. The molecule has 2 aromatic heterocycles. The molecule has 1 aromatic carbocycles. The molecule has 0 bridgehead atoms. The van der Waals surface area contributed by atoms with E-state index >= 15 is 0 Å². The van der Waals surface area contributed by atoms with E-state index in [0.29, 0.717) is 11.0 Å². The molecule has 8 nitrogen and oxygen atoms in total. The van der Waals surface area contributed by atoms with Gasteiger partial charge in [-0.05, 0) is 38.6 Å². The molecule has 0 saturated heterocycles. The van der Waals surface area contributed by atoms with Gasteiger partial charge in [0.2, 0.25) is 5.91 Å². The standard InChI is InChI=1S/C20H24N6O2/c1-23(2)11-15-9-8-14-6-4-5-7-17(14)26(15)18(27)12-25-13-21-19-16(20(25)28)10-22-24(19)3/h4-7,10,13,15H,8-9,11-12H2,1-3H3. The molecule has 28 heavy (non-hydrogen) atoms. The second-order valence-corrected chi connectivity index (χ2v) is 7.53. The summed E-state index contributed by atoms with van der Waals surface area (Å²) in [6.07, 6.45) is 4.77. The number of para-hydroxylation sites is 1. The van der Waals surface area contributed by atoms with Crippen LogP contribution < -0.4 is 10.5 Å². The van der Waals surface area contributed by atoms with Crippen molar-refractivity contribution in [2.45, 2.75) is 25.4 Å². The van der Waals surface area contributed by atoms with Crippen molar-refractivity contribution in [1.82, 2.24) is 24.2 Å². The first-order chi connectivity index (χ1) is 13.5. The summed E-state index contributed by atoms with van der Waals surface area (Å²) in [6.45, 7) is 0.726. The molecule has 0 N–H and O–H groups in total. The van der Waals surface area contributed by atoms with Gasteiger partial charge in [-0.1, -0.05) is 18.2 Å². The van der Waals surface area contributed by atoms with E-state index in [1.165, 1.54) is 22.7 Å². The smallest absolute Gasteiger partial charge is 0.264 e. The van der Waals surface area contributed by atoms with Crippen molar-refractivity contribution in [3.8, 4) is 0 Å². The number of carbonyl (C=O) groups is 1. The van der Waals surface area contributed by atoms with Gasteiger partial charge in [0.15, 0.2) is 5.65 Å². The van der Waals surface area contributed by atoms with Gasteiger partial charge in [0.05, 0.1) is 6.20 Å². The van der Waals surface area contributed by atoms with Crippen molar-refractivity contribution in [3.63, 3.8) is 0 Å². The first-order valence-corrected chi connectivity index (χ1v) is 9.37. The fraction of sp³-hybridized carbons (Fsp3) is 0.400. The highest BCUT2D eigenvalue weighted by Gasteiger charge is 2.31. The van der Waals surface area contributed by atoms with Crippen LogP contribution in [0.15, 0.2) is 41.6 Å². The summed E-state index contributed by atoms with van der Waals surface area (Å²) in [5.74, 6) is -0.105. The Labute approximate surface area is 163 Å². The van der Waals surface area contributed by atoms with Gasteiger partial charge in [0, 0.05) is 25.3 Å². The molecule has 4 rings (SSSR count). The molecular weight excluding hydrogens is 356 g/mol. The van der Waals surface area contributed by atoms with Crippen LogP contribution in [-0.4, -0.2) is 56.8 Å². The number of benzene rings is 1. The van der Waals surface area contributed by atoms with Gasteiger partial charge in [-0.2, -0.15) is 5.10 Å². The third-order valence-corrected chi connectivity index (χ3v) is 5.23. The second kappa shape index (κ2) is 7.20. The summed E-state index contributed by atoms with van der Waals surface area (Å²) in [7, 11) is 5.75. The van der Waals surface area contributed by atoms with E-state index in [4.69, 9.17) is 0 Å². The summed E-state index contributed by atoms with van der Waals surface area (Å²) in [5, 5.41) is 4.50. The number of rotatable bonds is 4. The average Bonchev–Trinajstić information content (AvgIpc) is 3.05. The van der Waals surface area contributed by atoms with Crippen molar-refractivity contribution in [1.29, 1.82) is 0 Å². The van der Waals surface area contributed by atoms with Gasteiger partial charge in [0.25, 0.3) is 5.56 Å². The number of carbonyl (C=O) groups excluding carboxylic acids is 1. The number of nitrogens with zero attached hydrogens (tertiary/aromatic N) is 6. The van der Waals surface area contributed by atoms with Crippen molar-refractivity contribution in [3.05, 3.63) is 52.7 Å². The Kier molecular flexibility index (Phi) is 4.72. The highest BCUT2D eigenvalue weighted by molar-refractivity contribution is 5.95. The number of aromatic nitrogens is 4. The lowest BCUT2D eigenvalue weighted by Crippen LogP contribution is -2.50. The molecular formula is C20H24N6O2. The minimum atomic E-state index is -0.249. The van der Waals surface area contributed by atoms with Crippen LogP contribution in [0.2, 0.25) is 0 Å². The first-order valence-electron chi connectivity index (χ1n) is 9.37. The topological polar surface area (TPSA) is 76.3 Å². The highest BCUT2D eigenvalue weighted by Crippen LogP contribution is 2.31. The Bertz CT molecular complexity index is 1080. The van der Waals surface area contributed by atoms with Crippen molar-refractivity contribution in [2.24, 2.45) is 7.05 Å². The Morgan fingerprint density at radius 3 is 2.86 bits per heavy atom. The minimum absolute atomic E-state index is 0.0467. The maximum absolute atomic E-state index is 13.3. The van der Waals surface area contributed by atoms with Crippen molar-refractivity contribution in [2.75, 3.05) is 25.5 Å². The predicted octanol–water partition coefficient (Wildman–Crippen LogP) is 1.04. The molecule has 0 saturated carbocycles. The van der Waals surface area contributed by atoms with Gasteiger partial charge in [-0.25, -0.2) is 4.98 Å². The van der Waals surface area contributed by atoms with Crippen LogP contribution in [0.1, 0.15) is 12.0 Å². The molecule has 1 atom stereocenters. The van der Waals surface area contributed by atoms with Crippen LogP contribution >= 0.6 is 0 Å². The van der Waals surface area contributed by atoms with Crippen LogP contribution in [0, 0.1) is 0 Å². The zero-order chi connectivity index (χ0) is 19.8. The average molecular weight is 380 g/mol. The van der Waals surface area contributed by atoms with E-state index in [-0.39, 0.29) is 24.1 Å². The maximum Gasteiger partial charge on any atom is 0.264 e. The van der Waals surface area contributed by atoms with Crippen LogP contribution in [0.3, 0.4) is 0 Å². The molecule has 1 amide bonds. The maximum atomic E-state index is 13.3. The van der Waals surface area contributed by atoms with Crippen LogP contribution in [-0.2, 0) is 24.8 Å². The summed E-state index contributed by atoms with van der Waals surface area (Å²) in [6, 6.07) is 8.07. The molecule has 0 spiro atoms. The lowest BCUT2D eigenvalue weighted by molar-refractivity contribution is -0.119. The monoisotopic (exact) mass is 380 g/mol. The third kappa shape index (κ3) is 3.20. The SMILES string of the molecule is CN(C)CC1CCc2ccccc2N1C(=O)Cn1cnc2c(cnn2C)c1=O. The van der Waals surface area contributed by atoms with Crippen LogP contribution in [0.25, 0.3) is 11.0 Å². The molecule has 0 aliphatic carbocycles. The molecule has 1 aliphatic rings. The summed E-state index contributed by atoms with van der Waals surface area (Å²) in [5.41, 5.74) is 2.37.